The Balaban J connectivity index is 1.59. The number of thiazole rings is 2. The summed E-state index contributed by atoms with van der Waals surface area (Å²) in [6.45, 7) is 1.98. The molecule has 1 amide bonds. The second kappa shape index (κ2) is 8.41. The van der Waals surface area contributed by atoms with Gasteiger partial charge in [-0.2, -0.15) is 0 Å². The Hall–Kier alpha value is -2.97. The lowest BCUT2D eigenvalue weighted by molar-refractivity contribution is 0.0737. The van der Waals surface area contributed by atoms with E-state index in [2.05, 4.69) is 9.97 Å². The van der Waals surface area contributed by atoms with E-state index in [0.717, 1.165) is 20.8 Å². The molecule has 0 radical (unpaired) electrons. The number of amides is 1. The third kappa shape index (κ3) is 3.64. The molecule has 0 spiro atoms. The fourth-order valence-corrected chi connectivity index (χ4v) is 5.02. The van der Waals surface area contributed by atoms with Gasteiger partial charge < -0.3 is 14.4 Å². The molecule has 30 heavy (non-hydrogen) atoms. The number of rotatable bonds is 6. The van der Waals surface area contributed by atoms with Crippen molar-refractivity contribution >= 4 is 38.8 Å². The predicted molar refractivity (Wildman–Crippen MR) is 121 cm³/mol. The van der Waals surface area contributed by atoms with Gasteiger partial charge in [-0.1, -0.05) is 18.2 Å². The van der Waals surface area contributed by atoms with Crippen molar-refractivity contribution in [2.75, 3.05) is 21.3 Å². The third-order valence-electron chi connectivity index (χ3n) is 4.93. The molecule has 4 rings (SSSR count). The van der Waals surface area contributed by atoms with Gasteiger partial charge in [0, 0.05) is 12.4 Å². The van der Waals surface area contributed by atoms with Gasteiger partial charge in [-0.25, -0.2) is 9.97 Å². The molecular weight excluding hydrogens is 418 g/mol. The highest BCUT2D eigenvalue weighted by atomic mass is 32.1. The lowest BCUT2D eigenvalue weighted by Crippen LogP contribution is -2.29. The van der Waals surface area contributed by atoms with Crippen LogP contribution in [0.4, 0.5) is 0 Å². The van der Waals surface area contributed by atoms with E-state index >= 15 is 0 Å². The minimum absolute atomic E-state index is 0.147. The van der Waals surface area contributed by atoms with Crippen molar-refractivity contribution in [3.63, 3.8) is 0 Å². The van der Waals surface area contributed by atoms with Gasteiger partial charge in [-0.15, -0.1) is 22.7 Å². The lowest BCUT2D eigenvalue weighted by atomic mass is 10.2. The van der Waals surface area contributed by atoms with Gasteiger partial charge in [-0.05, 0) is 31.2 Å². The van der Waals surface area contributed by atoms with E-state index in [1.54, 1.807) is 42.9 Å². The number of methoxy groups -OCH3 is 2. The second-order valence-corrected chi connectivity index (χ2v) is 8.61. The molecular formula is C22H21N3O3S2. The van der Waals surface area contributed by atoms with Crippen molar-refractivity contribution in [3.05, 3.63) is 58.5 Å². The van der Waals surface area contributed by atoms with Gasteiger partial charge in [0.25, 0.3) is 5.91 Å². The average molecular weight is 440 g/mol. The van der Waals surface area contributed by atoms with E-state index in [1.807, 2.05) is 49.4 Å². The largest absolute Gasteiger partial charge is 0.493 e. The van der Waals surface area contributed by atoms with E-state index in [0.29, 0.717) is 22.2 Å². The van der Waals surface area contributed by atoms with Crippen molar-refractivity contribution in [2.24, 2.45) is 0 Å². The van der Waals surface area contributed by atoms with Crippen LogP contribution in [0, 0.1) is 0 Å². The van der Waals surface area contributed by atoms with Crippen LogP contribution in [-0.4, -0.2) is 42.0 Å². The number of aromatic nitrogens is 2. The maximum absolute atomic E-state index is 13.1. The summed E-state index contributed by atoms with van der Waals surface area (Å²) in [6.07, 6.45) is 0. The third-order valence-corrected chi connectivity index (χ3v) is 7.01. The van der Waals surface area contributed by atoms with Gasteiger partial charge >= 0.3 is 0 Å². The Labute approximate surface area is 182 Å². The van der Waals surface area contributed by atoms with Crippen LogP contribution in [0.1, 0.15) is 28.5 Å². The maximum Gasteiger partial charge on any atom is 0.273 e. The van der Waals surface area contributed by atoms with Crippen molar-refractivity contribution in [1.29, 1.82) is 0 Å². The molecule has 0 bridgehead atoms. The molecule has 0 saturated carbocycles. The van der Waals surface area contributed by atoms with Crippen LogP contribution in [0.25, 0.3) is 20.8 Å². The first-order chi connectivity index (χ1) is 14.5. The Bertz CT molecular complexity index is 1170. The SMILES string of the molecule is COc1cccc(-c2nc(C(=O)N(C)C(C)c3nc4ccccc4s3)cs2)c1OC. The molecule has 0 aliphatic heterocycles. The number of nitrogens with zero attached hydrogens (tertiary/aromatic N) is 3. The van der Waals surface area contributed by atoms with E-state index in [9.17, 15) is 4.79 Å². The zero-order valence-electron chi connectivity index (χ0n) is 17.1. The van der Waals surface area contributed by atoms with Crippen LogP contribution < -0.4 is 9.47 Å². The summed E-state index contributed by atoms with van der Waals surface area (Å²) in [5.74, 6) is 1.08. The number of carbonyl (C=O) groups excluding carboxylic acids is 1. The Morgan fingerprint density at radius 2 is 1.87 bits per heavy atom. The maximum atomic E-state index is 13.1. The number of para-hydroxylation sites is 2. The standard InChI is InChI=1S/C22H21N3O3S2/c1-13(20-23-15-9-5-6-11-18(15)30-20)25(2)22(26)16-12-29-21(24-16)14-8-7-10-17(27-3)19(14)28-4/h5-13H,1-4H3. The summed E-state index contributed by atoms with van der Waals surface area (Å²) in [6, 6.07) is 13.4. The van der Waals surface area contributed by atoms with E-state index in [-0.39, 0.29) is 11.9 Å². The molecule has 1 unspecified atom stereocenters. The number of hydrogen-bond acceptors (Lipinski definition) is 7. The molecule has 0 N–H and O–H groups in total. The molecule has 0 saturated heterocycles. The molecule has 0 aliphatic rings. The van der Waals surface area contributed by atoms with Crippen LogP contribution in [0.2, 0.25) is 0 Å². The van der Waals surface area contributed by atoms with Crippen molar-refractivity contribution in [3.8, 4) is 22.1 Å². The summed E-state index contributed by atoms with van der Waals surface area (Å²) in [5, 5.41) is 3.38. The van der Waals surface area contributed by atoms with Gasteiger partial charge in [-0.3, -0.25) is 4.79 Å². The molecule has 2 aromatic carbocycles. The number of ether oxygens (including phenoxy) is 2. The highest BCUT2D eigenvalue weighted by molar-refractivity contribution is 7.18. The minimum atomic E-state index is -0.161. The molecule has 1 atom stereocenters. The number of benzene rings is 2. The van der Waals surface area contributed by atoms with Gasteiger partial charge in [0.15, 0.2) is 11.5 Å². The summed E-state index contributed by atoms with van der Waals surface area (Å²) in [5.41, 5.74) is 2.14. The lowest BCUT2D eigenvalue weighted by Gasteiger charge is -2.22. The monoisotopic (exact) mass is 439 g/mol. The Morgan fingerprint density at radius 1 is 1.07 bits per heavy atom. The minimum Gasteiger partial charge on any atom is -0.493 e. The summed E-state index contributed by atoms with van der Waals surface area (Å²) in [4.78, 5) is 24.0. The van der Waals surface area contributed by atoms with Crippen LogP contribution in [0.15, 0.2) is 47.8 Å². The second-order valence-electron chi connectivity index (χ2n) is 6.69. The van der Waals surface area contributed by atoms with E-state index < -0.39 is 0 Å². The van der Waals surface area contributed by atoms with Crippen LogP contribution >= 0.6 is 22.7 Å². The molecule has 0 fully saturated rings. The molecule has 0 aliphatic carbocycles. The molecule has 6 nitrogen and oxygen atoms in total. The molecule has 2 aromatic heterocycles. The van der Waals surface area contributed by atoms with Crippen molar-refractivity contribution < 1.29 is 14.3 Å². The van der Waals surface area contributed by atoms with Crippen LogP contribution in [-0.2, 0) is 0 Å². The smallest absolute Gasteiger partial charge is 0.273 e. The topological polar surface area (TPSA) is 64.5 Å². The molecule has 4 aromatic rings. The van der Waals surface area contributed by atoms with E-state index in [4.69, 9.17) is 9.47 Å². The van der Waals surface area contributed by atoms with E-state index in [1.165, 1.54) is 11.3 Å². The van der Waals surface area contributed by atoms with Gasteiger partial charge in [0.05, 0.1) is 36.0 Å². The zero-order chi connectivity index (χ0) is 21.3. The molecule has 154 valence electrons. The summed E-state index contributed by atoms with van der Waals surface area (Å²) >= 11 is 3.01. The first kappa shape index (κ1) is 20.3. The van der Waals surface area contributed by atoms with Crippen molar-refractivity contribution in [2.45, 2.75) is 13.0 Å². The average Bonchev–Trinajstić information content (AvgIpc) is 3.44. The summed E-state index contributed by atoms with van der Waals surface area (Å²) < 4.78 is 12.0. The highest BCUT2D eigenvalue weighted by Gasteiger charge is 2.24. The summed E-state index contributed by atoms with van der Waals surface area (Å²) in [7, 11) is 4.97. The first-order valence-electron chi connectivity index (χ1n) is 9.33. The van der Waals surface area contributed by atoms with Crippen molar-refractivity contribution in [1.82, 2.24) is 14.9 Å². The van der Waals surface area contributed by atoms with Crippen LogP contribution in [0.5, 0.6) is 11.5 Å². The zero-order valence-corrected chi connectivity index (χ0v) is 18.7. The quantitative estimate of drug-likeness (QED) is 0.409. The van der Waals surface area contributed by atoms with Gasteiger partial charge in [0.2, 0.25) is 0 Å². The van der Waals surface area contributed by atoms with Crippen LogP contribution in [0.3, 0.4) is 0 Å². The first-order valence-corrected chi connectivity index (χ1v) is 11.0. The number of carbonyl (C=O) groups is 1. The normalized spacial score (nSPS) is 12.0. The molecule has 8 heteroatoms. The highest BCUT2D eigenvalue weighted by Crippen LogP contribution is 2.39. The fraction of sp³-hybridized carbons (Fsp3) is 0.227. The molecule has 2 heterocycles. The Morgan fingerprint density at radius 3 is 2.60 bits per heavy atom. The van der Waals surface area contributed by atoms with Gasteiger partial charge in [0.1, 0.15) is 15.7 Å². The number of fused-ring (bicyclic) bond motifs is 1. The Kier molecular flexibility index (Phi) is 5.69. The predicted octanol–water partition coefficient (Wildman–Crippen LogP) is 5.27. The fourth-order valence-electron chi connectivity index (χ4n) is 3.14. The number of hydrogen-bond donors (Lipinski definition) is 0.